The minimum atomic E-state index is 0.401. The van der Waals surface area contributed by atoms with Gasteiger partial charge in [0.25, 0.3) is 0 Å². The number of anilines is 2. The van der Waals surface area contributed by atoms with Gasteiger partial charge in [-0.15, -0.1) is 0 Å². The largest absolute Gasteiger partial charge is 0.331 e. The Morgan fingerprint density at radius 3 is 2.39 bits per heavy atom. The first-order valence-electron chi connectivity index (χ1n) is 5.09. The van der Waals surface area contributed by atoms with E-state index in [0.717, 1.165) is 5.69 Å². The number of thiocarbonyl (C=S) groups is 1. The highest BCUT2D eigenvalue weighted by molar-refractivity contribution is 7.80. The molecule has 3 nitrogen and oxygen atoms in total. The zero-order valence-corrected chi connectivity index (χ0v) is 11.5. The van der Waals surface area contributed by atoms with Crippen LogP contribution < -0.4 is 10.6 Å². The molecule has 0 amide bonds. The Balaban J connectivity index is 2.08. The van der Waals surface area contributed by atoms with E-state index >= 15 is 0 Å². The fourth-order valence-electron chi connectivity index (χ4n) is 1.33. The predicted octanol–water partition coefficient (Wildman–Crippen LogP) is 4.20. The molecule has 2 aromatic rings. The predicted molar refractivity (Wildman–Crippen MR) is 80.5 cm³/mol. The van der Waals surface area contributed by atoms with Gasteiger partial charge in [-0.2, -0.15) is 0 Å². The summed E-state index contributed by atoms with van der Waals surface area (Å²) in [6.45, 7) is 0. The lowest BCUT2D eigenvalue weighted by atomic mass is 10.3. The summed E-state index contributed by atoms with van der Waals surface area (Å²) in [7, 11) is 0. The average Bonchev–Trinajstić information content (AvgIpc) is 2.35. The minimum absolute atomic E-state index is 0.401. The van der Waals surface area contributed by atoms with Gasteiger partial charge in [-0.25, -0.2) is 0 Å². The van der Waals surface area contributed by atoms with Crippen LogP contribution in [0.4, 0.5) is 11.4 Å². The molecule has 0 bridgehead atoms. The van der Waals surface area contributed by atoms with Crippen molar-refractivity contribution in [1.82, 2.24) is 4.98 Å². The smallest absolute Gasteiger partial charge is 0.175 e. The minimum Gasteiger partial charge on any atom is -0.331 e. The van der Waals surface area contributed by atoms with Crippen molar-refractivity contribution in [3.8, 4) is 0 Å². The maximum Gasteiger partial charge on any atom is 0.175 e. The number of para-hydroxylation sites is 1. The van der Waals surface area contributed by atoms with E-state index in [0.29, 0.717) is 20.8 Å². The SMILES string of the molecule is S=C(Nc1cccnc1)Nc1c(Cl)cccc1Cl. The maximum absolute atomic E-state index is 6.03. The Labute approximate surface area is 120 Å². The quantitative estimate of drug-likeness (QED) is 0.815. The molecule has 0 spiro atoms. The molecular formula is C12H9Cl2N3S. The second-order valence-electron chi connectivity index (χ2n) is 3.42. The zero-order valence-electron chi connectivity index (χ0n) is 9.15. The monoisotopic (exact) mass is 297 g/mol. The lowest BCUT2D eigenvalue weighted by molar-refractivity contribution is 1.33. The molecule has 1 heterocycles. The van der Waals surface area contributed by atoms with Crippen LogP contribution >= 0.6 is 35.4 Å². The normalized spacial score (nSPS) is 9.89. The van der Waals surface area contributed by atoms with Gasteiger partial charge in [0, 0.05) is 6.20 Å². The van der Waals surface area contributed by atoms with Crippen molar-refractivity contribution in [1.29, 1.82) is 0 Å². The number of hydrogen-bond donors (Lipinski definition) is 2. The second-order valence-corrected chi connectivity index (χ2v) is 4.64. The molecular weight excluding hydrogens is 289 g/mol. The Bertz CT molecular complexity index is 540. The van der Waals surface area contributed by atoms with Crippen molar-refractivity contribution in [2.45, 2.75) is 0 Å². The van der Waals surface area contributed by atoms with Gasteiger partial charge < -0.3 is 10.6 Å². The van der Waals surface area contributed by atoms with E-state index in [9.17, 15) is 0 Å². The number of benzene rings is 1. The van der Waals surface area contributed by atoms with E-state index in [4.69, 9.17) is 35.4 Å². The molecule has 92 valence electrons. The summed E-state index contributed by atoms with van der Waals surface area (Å²) in [6.07, 6.45) is 3.36. The van der Waals surface area contributed by atoms with Gasteiger partial charge in [-0.1, -0.05) is 29.3 Å². The van der Waals surface area contributed by atoms with Gasteiger partial charge in [0.05, 0.1) is 27.6 Å². The van der Waals surface area contributed by atoms with Gasteiger partial charge >= 0.3 is 0 Å². The molecule has 2 N–H and O–H groups in total. The molecule has 0 fully saturated rings. The maximum atomic E-state index is 6.03. The van der Waals surface area contributed by atoms with Gasteiger partial charge in [-0.05, 0) is 36.5 Å². The summed E-state index contributed by atoms with van der Waals surface area (Å²) in [4.78, 5) is 3.98. The van der Waals surface area contributed by atoms with E-state index in [1.807, 2.05) is 12.1 Å². The molecule has 0 saturated heterocycles. The van der Waals surface area contributed by atoms with Crippen molar-refractivity contribution in [2.24, 2.45) is 0 Å². The summed E-state index contributed by atoms with van der Waals surface area (Å²) in [5, 5.41) is 7.37. The number of aromatic nitrogens is 1. The average molecular weight is 298 g/mol. The standard InChI is InChI=1S/C12H9Cl2N3S/c13-9-4-1-5-10(14)11(9)17-12(18)16-8-3-2-6-15-7-8/h1-7H,(H2,16,17,18). The third kappa shape index (κ3) is 3.32. The lowest BCUT2D eigenvalue weighted by Gasteiger charge is -2.12. The van der Waals surface area contributed by atoms with Crippen molar-refractivity contribution in [3.05, 3.63) is 52.8 Å². The topological polar surface area (TPSA) is 37.0 Å². The number of rotatable bonds is 2. The first-order valence-corrected chi connectivity index (χ1v) is 6.25. The third-order valence-electron chi connectivity index (χ3n) is 2.12. The van der Waals surface area contributed by atoms with Gasteiger partial charge in [-0.3, -0.25) is 4.98 Å². The molecule has 18 heavy (non-hydrogen) atoms. The molecule has 0 radical (unpaired) electrons. The molecule has 0 saturated carbocycles. The van der Waals surface area contributed by atoms with Crippen LogP contribution in [0.3, 0.4) is 0 Å². The van der Waals surface area contributed by atoms with E-state index < -0.39 is 0 Å². The number of halogens is 2. The second kappa shape index (κ2) is 6.00. The van der Waals surface area contributed by atoms with Crippen LogP contribution in [0.2, 0.25) is 10.0 Å². The van der Waals surface area contributed by atoms with Crippen LogP contribution in [0.15, 0.2) is 42.7 Å². The summed E-state index contributed by atoms with van der Waals surface area (Å²) >= 11 is 17.2. The molecule has 0 aliphatic rings. The molecule has 6 heteroatoms. The first-order chi connectivity index (χ1) is 8.66. The molecule has 2 rings (SSSR count). The zero-order chi connectivity index (χ0) is 13.0. The highest BCUT2D eigenvalue weighted by Gasteiger charge is 2.07. The Morgan fingerprint density at radius 1 is 1.06 bits per heavy atom. The first kappa shape index (κ1) is 13.1. The Morgan fingerprint density at radius 2 is 1.78 bits per heavy atom. The van der Waals surface area contributed by atoms with Crippen molar-refractivity contribution >= 4 is 51.9 Å². The van der Waals surface area contributed by atoms with E-state index in [1.165, 1.54) is 0 Å². The van der Waals surface area contributed by atoms with Crippen molar-refractivity contribution in [3.63, 3.8) is 0 Å². The number of pyridine rings is 1. The van der Waals surface area contributed by atoms with Gasteiger partial charge in [0.15, 0.2) is 5.11 Å². The summed E-state index contributed by atoms with van der Waals surface area (Å²) in [5.41, 5.74) is 1.38. The van der Waals surface area contributed by atoms with E-state index in [2.05, 4.69) is 15.6 Å². The van der Waals surface area contributed by atoms with Crippen LogP contribution in [-0.4, -0.2) is 10.1 Å². The molecule has 1 aromatic heterocycles. The summed E-state index contributed by atoms with van der Waals surface area (Å²) in [5.74, 6) is 0. The molecule has 0 aliphatic carbocycles. The van der Waals surface area contributed by atoms with E-state index in [1.54, 1.807) is 30.6 Å². The van der Waals surface area contributed by atoms with Crippen molar-refractivity contribution in [2.75, 3.05) is 10.6 Å². The van der Waals surface area contributed by atoms with Crippen LogP contribution in [0, 0.1) is 0 Å². The number of nitrogens with one attached hydrogen (secondary N) is 2. The number of hydrogen-bond acceptors (Lipinski definition) is 2. The molecule has 0 atom stereocenters. The Kier molecular flexibility index (Phi) is 4.36. The summed E-state index contributed by atoms with van der Waals surface area (Å²) < 4.78 is 0. The highest BCUT2D eigenvalue weighted by atomic mass is 35.5. The van der Waals surface area contributed by atoms with Crippen LogP contribution in [0.5, 0.6) is 0 Å². The third-order valence-corrected chi connectivity index (χ3v) is 2.95. The molecule has 0 unspecified atom stereocenters. The van der Waals surface area contributed by atoms with Crippen LogP contribution in [-0.2, 0) is 0 Å². The molecule has 1 aromatic carbocycles. The van der Waals surface area contributed by atoms with E-state index in [-0.39, 0.29) is 0 Å². The van der Waals surface area contributed by atoms with Gasteiger partial charge in [0.1, 0.15) is 0 Å². The van der Waals surface area contributed by atoms with Gasteiger partial charge in [0.2, 0.25) is 0 Å². The van der Waals surface area contributed by atoms with Crippen molar-refractivity contribution < 1.29 is 0 Å². The molecule has 0 aliphatic heterocycles. The van der Waals surface area contributed by atoms with Crippen LogP contribution in [0.1, 0.15) is 0 Å². The fourth-order valence-corrected chi connectivity index (χ4v) is 2.04. The fraction of sp³-hybridized carbons (Fsp3) is 0. The number of nitrogens with zero attached hydrogens (tertiary/aromatic N) is 1. The lowest BCUT2D eigenvalue weighted by Crippen LogP contribution is -2.19. The summed E-state index contributed by atoms with van der Waals surface area (Å²) in [6, 6.07) is 8.92. The highest BCUT2D eigenvalue weighted by Crippen LogP contribution is 2.29. The van der Waals surface area contributed by atoms with Crippen LogP contribution in [0.25, 0.3) is 0 Å². The Hall–Kier alpha value is -1.36.